The number of nitrogens with zero attached hydrogens (tertiary/aromatic N) is 2. The van der Waals surface area contributed by atoms with Gasteiger partial charge in [0.1, 0.15) is 0 Å². The van der Waals surface area contributed by atoms with Crippen molar-refractivity contribution in [3.63, 3.8) is 0 Å². The smallest absolute Gasteiger partial charge is 0.435 e. The molecule has 0 aromatic carbocycles. The molecule has 7 heteroatoms. The summed E-state index contributed by atoms with van der Waals surface area (Å²) in [6.07, 6.45) is -4.05. The zero-order valence-electron chi connectivity index (χ0n) is 11.1. The first kappa shape index (κ1) is 15.5. The Labute approximate surface area is 109 Å². The van der Waals surface area contributed by atoms with Crippen molar-refractivity contribution in [2.24, 2.45) is 5.92 Å². The maximum atomic E-state index is 12.6. The highest BCUT2D eigenvalue weighted by Gasteiger charge is 2.35. The first-order chi connectivity index (χ1) is 8.79. The van der Waals surface area contributed by atoms with Crippen LogP contribution >= 0.6 is 0 Å². The van der Waals surface area contributed by atoms with E-state index in [1.165, 1.54) is 4.68 Å². The first-order valence-electron chi connectivity index (χ1n) is 6.10. The Morgan fingerprint density at radius 2 is 2.11 bits per heavy atom. The number of halogens is 3. The average molecular weight is 278 g/mol. The Balaban J connectivity index is 2.88. The third-order valence-corrected chi connectivity index (χ3v) is 2.65. The van der Waals surface area contributed by atoms with Crippen LogP contribution in [-0.2, 0) is 28.7 Å². The predicted molar refractivity (Wildman–Crippen MR) is 62.4 cm³/mol. The SMILES string of the molecule is CCOC(=O)C(C)Cn1nc(C(F)(F)F)cc1CC. The molecule has 19 heavy (non-hydrogen) atoms. The van der Waals surface area contributed by atoms with E-state index in [-0.39, 0.29) is 13.2 Å². The van der Waals surface area contributed by atoms with Crippen molar-refractivity contribution in [3.8, 4) is 0 Å². The molecule has 1 unspecified atom stereocenters. The number of rotatable bonds is 5. The van der Waals surface area contributed by atoms with E-state index in [9.17, 15) is 18.0 Å². The lowest BCUT2D eigenvalue weighted by molar-refractivity contribution is -0.147. The van der Waals surface area contributed by atoms with Crippen molar-refractivity contribution in [3.05, 3.63) is 17.5 Å². The van der Waals surface area contributed by atoms with E-state index in [2.05, 4.69) is 5.10 Å². The monoisotopic (exact) mass is 278 g/mol. The van der Waals surface area contributed by atoms with E-state index in [4.69, 9.17) is 4.74 Å². The number of esters is 1. The summed E-state index contributed by atoms with van der Waals surface area (Å²) >= 11 is 0. The molecule has 1 atom stereocenters. The van der Waals surface area contributed by atoms with Crippen LogP contribution in [0.15, 0.2) is 6.07 Å². The van der Waals surface area contributed by atoms with Gasteiger partial charge in [0, 0.05) is 5.69 Å². The molecule has 0 bridgehead atoms. The molecule has 4 nitrogen and oxygen atoms in total. The summed E-state index contributed by atoms with van der Waals surface area (Å²) in [5.41, 5.74) is -0.483. The van der Waals surface area contributed by atoms with Gasteiger partial charge in [0.05, 0.1) is 19.1 Å². The fourth-order valence-electron chi connectivity index (χ4n) is 1.66. The van der Waals surface area contributed by atoms with Crippen molar-refractivity contribution in [2.45, 2.75) is 39.9 Å². The van der Waals surface area contributed by atoms with Crippen molar-refractivity contribution in [2.75, 3.05) is 6.61 Å². The molecular formula is C12H17F3N2O2. The molecular weight excluding hydrogens is 261 g/mol. The summed E-state index contributed by atoms with van der Waals surface area (Å²) in [4.78, 5) is 11.5. The van der Waals surface area contributed by atoms with E-state index in [0.29, 0.717) is 12.1 Å². The highest BCUT2D eigenvalue weighted by Crippen LogP contribution is 2.28. The molecule has 1 rings (SSSR count). The second-order valence-electron chi connectivity index (χ2n) is 4.21. The topological polar surface area (TPSA) is 44.1 Å². The fourth-order valence-corrected chi connectivity index (χ4v) is 1.66. The minimum Gasteiger partial charge on any atom is -0.466 e. The van der Waals surface area contributed by atoms with E-state index in [1.807, 2.05) is 0 Å². The Morgan fingerprint density at radius 3 is 2.58 bits per heavy atom. The molecule has 0 aliphatic heterocycles. The van der Waals surface area contributed by atoms with Crippen LogP contribution in [0.3, 0.4) is 0 Å². The summed E-state index contributed by atoms with van der Waals surface area (Å²) in [6.45, 7) is 5.35. The predicted octanol–water partition coefficient (Wildman–Crippen LogP) is 2.66. The molecule has 0 radical (unpaired) electrons. The third kappa shape index (κ3) is 3.97. The molecule has 0 saturated carbocycles. The number of aromatic nitrogens is 2. The maximum absolute atomic E-state index is 12.6. The molecule has 1 heterocycles. The summed E-state index contributed by atoms with van der Waals surface area (Å²) in [7, 11) is 0. The molecule has 0 saturated heterocycles. The zero-order chi connectivity index (χ0) is 14.6. The lowest BCUT2D eigenvalue weighted by atomic mass is 10.2. The summed E-state index contributed by atoms with van der Waals surface area (Å²) < 4.78 is 43.7. The molecule has 0 fully saturated rings. The summed E-state index contributed by atoms with van der Waals surface area (Å²) in [5, 5.41) is 3.52. The second-order valence-corrected chi connectivity index (χ2v) is 4.21. The van der Waals surface area contributed by atoms with Crippen LogP contribution in [0.1, 0.15) is 32.2 Å². The minimum absolute atomic E-state index is 0.0814. The van der Waals surface area contributed by atoms with Crippen LogP contribution in [0, 0.1) is 5.92 Å². The van der Waals surface area contributed by atoms with Crippen LogP contribution in [0.5, 0.6) is 0 Å². The Morgan fingerprint density at radius 1 is 1.47 bits per heavy atom. The molecule has 0 aliphatic rings. The van der Waals surface area contributed by atoms with Gasteiger partial charge in [0.25, 0.3) is 0 Å². The number of hydrogen-bond donors (Lipinski definition) is 0. The number of hydrogen-bond acceptors (Lipinski definition) is 3. The van der Waals surface area contributed by atoms with Crippen LogP contribution in [0.2, 0.25) is 0 Å². The Bertz CT molecular complexity index is 441. The highest BCUT2D eigenvalue weighted by molar-refractivity contribution is 5.71. The van der Waals surface area contributed by atoms with Crippen molar-refractivity contribution < 1.29 is 22.7 Å². The van der Waals surface area contributed by atoms with E-state index < -0.39 is 23.8 Å². The standard InChI is InChI=1S/C12H17F3N2O2/c1-4-9-6-10(12(13,14)15)16-17(9)7-8(3)11(18)19-5-2/h6,8H,4-5,7H2,1-3H3. The van der Waals surface area contributed by atoms with Gasteiger partial charge in [-0.1, -0.05) is 13.8 Å². The average Bonchev–Trinajstić information content (AvgIpc) is 2.72. The van der Waals surface area contributed by atoms with Gasteiger partial charge in [-0.15, -0.1) is 0 Å². The Kier molecular flexibility index (Phi) is 4.97. The van der Waals surface area contributed by atoms with Gasteiger partial charge in [-0.2, -0.15) is 18.3 Å². The molecule has 1 aromatic rings. The maximum Gasteiger partial charge on any atom is 0.435 e. The molecule has 0 N–H and O–H groups in total. The van der Waals surface area contributed by atoms with Crippen molar-refractivity contribution in [1.82, 2.24) is 9.78 Å². The third-order valence-electron chi connectivity index (χ3n) is 2.65. The number of carbonyl (C=O) groups is 1. The largest absolute Gasteiger partial charge is 0.466 e. The number of alkyl halides is 3. The van der Waals surface area contributed by atoms with E-state index in [0.717, 1.165) is 6.07 Å². The van der Waals surface area contributed by atoms with Gasteiger partial charge in [0.2, 0.25) is 0 Å². The minimum atomic E-state index is -4.47. The van der Waals surface area contributed by atoms with E-state index in [1.54, 1.807) is 20.8 Å². The quantitative estimate of drug-likeness (QED) is 0.778. The number of aryl methyl sites for hydroxylation is 1. The number of ether oxygens (including phenoxy) is 1. The van der Waals surface area contributed by atoms with Gasteiger partial charge in [0.15, 0.2) is 5.69 Å². The van der Waals surface area contributed by atoms with Crippen LogP contribution in [0.4, 0.5) is 13.2 Å². The normalized spacial score (nSPS) is 13.4. The number of carbonyl (C=O) groups excluding carboxylic acids is 1. The molecule has 0 aliphatic carbocycles. The molecule has 0 amide bonds. The Hall–Kier alpha value is -1.53. The van der Waals surface area contributed by atoms with Crippen LogP contribution in [0.25, 0.3) is 0 Å². The zero-order valence-corrected chi connectivity index (χ0v) is 11.1. The van der Waals surface area contributed by atoms with Gasteiger partial charge in [-0.05, 0) is 19.4 Å². The van der Waals surface area contributed by atoms with E-state index >= 15 is 0 Å². The molecule has 108 valence electrons. The van der Waals surface area contributed by atoms with Gasteiger partial charge in [-0.25, -0.2) is 0 Å². The van der Waals surface area contributed by atoms with Gasteiger partial charge >= 0.3 is 12.1 Å². The van der Waals surface area contributed by atoms with Crippen molar-refractivity contribution in [1.29, 1.82) is 0 Å². The van der Waals surface area contributed by atoms with Crippen LogP contribution in [-0.4, -0.2) is 22.4 Å². The molecule has 0 spiro atoms. The first-order valence-corrected chi connectivity index (χ1v) is 6.10. The fraction of sp³-hybridized carbons (Fsp3) is 0.667. The molecule has 1 aromatic heterocycles. The highest BCUT2D eigenvalue weighted by atomic mass is 19.4. The summed E-state index contributed by atoms with van der Waals surface area (Å²) in [6, 6.07) is 1.01. The van der Waals surface area contributed by atoms with Gasteiger partial charge < -0.3 is 4.74 Å². The lowest BCUT2D eigenvalue weighted by Gasteiger charge is -2.12. The van der Waals surface area contributed by atoms with Crippen molar-refractivity contribution >= 4 is 5.97 Å². The van der Waals surface area contributed by atoms with Crippen LogP contribution < -0.4 is 0 Å². The van der Waals surface area contributed by atoms with Gasteiger partial charge in [-0.3, -0.25) is 9.48 Å². The summed E-state index contributed by atoms with van der Waals surface area (Å²) in [5.74, 6) is -0.972. The second kappa shape index (κ2) is 6.08. The lowest BCUT2D eigenvalue weighted by Crippen LogP contribution is -2.22.